The van der Waals surface area contributed by atoms with Gasteiger partial charge in [0.25, 0.3) is 0 Å². The van der Waals surface area contributed by atoms with E-state index >= 15 is 0 Å². The number of benzene rings is 3. The van der Waals surface area contributed by atoms with Crippen LogP contribution in [0.4, 0.5) is 39.0 Å². The lowest BCUT2D eigenvalue weighted by Gasteiger charge is -2.26. The monoisotopic (exact) mass is 377 g/mol. The van der Waals surface area contributed by atoms with Crippen molar-refractivity contribution in [3.05, 3.63) is 88.2 Å². The maximum absolute atomic E-state index is 14.6. The Morgan fingerprint density at radius 1 is 0.556 bits per heavy atom. The number of hydrogen-bond donors (Lipinski definition) is 0. The molecule has 0 atom stereocenters. The minimum Gasteiger partial charge on any atom is -0.307 e. The van der Waals surface area contributed by atoms with Gasteiger partial charge in [-0.2, -0.15) is 0 Å². The maximum Gasteiger partial charge on any atom is 0.147 e. The molecule has 0 aliphatic heterocycles. The molecule has 0 radical (unpaired) electrons. The number of hydrogen-bond acceptors (Lipinski definition) is 1. The quantitative estimate of drug-likeness (QED) is 0.455. The van der Waals surface area contributed by atoms with Crippen molar-refractivity contribution >= 4 is 17.1 Å². The summed E-state index contributed by atoms with van der Waals surface area (Å²) < 4.78 is 71.0. The Morgan fingerprint density at radius 3 is 1.70 bits per heavy atom. The molecule has 3 rings (SSSR count). The van der Waals surface area contributed by atoms with Gasteiger partial charge in [-0.1, -0.05) is 6.07 Å². The molecule has 3 aromatic rings. The largest absolute Gasteiger partial charge is 0.307 e. The summed E-state index contributed by atoms with van der Waals surface area (Å²) in [6.45, 7) is 4.19. The third kappa shape index (κ3) is 3.52. The van der Waals surface area contributed by atoms with E-state index in [0.717, 1.165) is 35.2 Å². The molecule has 0 N–H and O–H groups in total. The van der Waals surface area contributed by atoms with E-state index in [1.165, 1.54) is 26.0 Å². The predicted molar refractivity (Wildman–Crippen MR) is 95.1 cm³/mol. The molecule has 0 unspecified atom stereocenters. The lowest BCUT2D eigenvalue weighted by molar-refractivity contribution is 0.568. The van der Waals surface area contributed by atoms with Crippen LogP contribution in [0.25, 0.3) is 0 Å². The lowest BCUT2D eigenvalue weighted by Crippen LogP contribution is -2.14. The van der Waals surface area contributed by atoms with Gasteiger partial charge in [-0.25, -0.2) is 22.0 Å². The van der Waals surface area contributed by atoms with E-state index in [2.05, 4.69) is 0 Å². The summed E-state index contributed by atoms with van der Waals surface area (Å²) in [6.07, 6.45) is 0. The molecular weight excluding hydrogens is 361 g/mol. The lowest BCUT2D eigenvalue weighted by atomic mass is 10.1. The molecular formula is C21H16F5N. The van der Waals surface area contributed by atoms with E-state index in [1.54, 1.807) is 6.92 Å². The van der Waals surface area contributed by atoms with Crippen LogP contribution in [0.3, 0.4) is 0 Å². The van der Waals surface area contributed by atoms with E-state index in [-0.39, 0.29) is 28.2 Å². The van der Waals surface area contributed by atoms with Gasteiger partial charge in [-0.3, -0.25) is 0 Å². The average molecular weight is 377 g/mol. The summed E-state index contributed by atoms with van der Waals surface area (Å²) in [6, 6.07) is 7.89. The van der Waals surface area contributed by atoms with Crippen molar-refractivity contribution in [3.8, 4) is 0 Å². The zero-order valence-electron chi connectivity index (χ0n) is 14.9. The van der Waals surface area contributed by atoms with Gasteiger partial charge >= 0.3 is 0 Å². The molecule has 0 spiro atoms. The Labute approximate surface area is 153 Å². The predicted octanol–water partition coefficient (Wildman–Crippen LogP) is 6.78. The van der Waals surface area contributed by atoms with Gasteiger partial charge in [0.1, 0.15) is 29.1 Å². The smallest absolute Gasteiger partial charge is 0.147 e. The topological polar surface area (TPSA) is 3.24 Å². The van der Waals surface area contributed by atoms with Crippen LogP contribution in [0, 0.1) is 49.9 Å². The second-order valence-corrected chi connectivity index (χ2v) is 6.36. The summed E-state index contributed by atoms with van der Waals surface area (Å²) >= 11 is 0. The first kappa shape index (κ1) is 18.9. The molecule has 0 aromatic heterocycles. The molecule has 3 aromatic carbocycles. The maximum atomic E-state index is 14.6. The Hall–Kier alpha value is -2.89. The van der Waals surface area contributed by atoms with E-state index in [1.807, 2.05) is 0 Å². The van der Waals surface area contributed by atoms with E-state index in [9.17, 15) is 22.0 Å². The molecule has 0 bridgehead atoms. The normalized spacial score (nSPS) is 11.0. The van der Waals surface area contributed by atoms with Gasteiger partial charge in [0, 0.05) is 17.3 Å². The molecule has 0 fully saturated rings. The van der Waals surface area contributed by atoms with Crippen molar-refractivity contribution in [1.29, 1.82) is 0 Å². The molecule has 0 saturated heterocycles. The molecule has 0 heterocycles. The molecule has 1 nitrogen and oxygen atoms in total. The molecule has 140 valence electrons. The molecule has 0 amide bonds. The van der Waals surface area contributed by atoms with Crippen molar-refractivity contribution in [2.24, 2.45) is 0 Å². The summed E-state index contributed by atoms with van der Waals surface area (Å²) in [5, 5.41) is 0. The van der Waals surface area contributed by atoms with Gasteiger partial charge in [0.2, 0.25) is 0 Å². The fraction of sp³-hybridized carbons (Fsp3) is 0.143. The minimum absolute atomic E-state index is 0.0764. The van der Waals surface area contributed by atoms with Gasteiger partial charge in [-0.15, -0.1) is 0 Å². The third-order valence-corrected chi connectivity index (χ3v) is 4.41. The van der Waals surface area contributed by atoms with Crippen LogP contribution in [-0.4, -0.2) is 0 Å². The van der Waals surface area contributed by atoms with Crippen molar-refractivity contribution < 1.29 is 22.0 Å². The van der Waals surface area contributed by atoms with Crippen LogP contribution in [0.2, 0.25) is 0 Å². The number of nitrogens with zero attached hydrogens (tertiary/aromatic N) is 1. The molecule has 27 heavy (non-hydrogen) atoms. The fourth-order valence-corrected chi connectivity index (χ4v) is 2.72. The highest BCUT2D eigenvalue weighted by Crippen LogP contribution is 2.38. The molecule has 0 aliphatic carbocycles. The number of anilines is 3. The van der Waals surface area contributed by atoms with E-state index in [4.69, 9.17) is 0 Å². The average Bonchev–Trinajstić information content (AvgIpc) is 2.60. The number of aryl methyl sites for hydroxylation is 2. The Kier molecular flexibility index (Phi) is 4.91. The highest BCUT2D eigenvalue weighted by Gasteiger charge is 2.21. The van der Waals surface area contributed by atoms with Gasteiger partial charge in [0.15, 0.2) is 0 Å². The van der Waals surface area contributed by atoms with Crippen molar-refractivity contribution in [2.75, 3.05) is 4.90 Å². The van der Waals surface area contributed by atoms with Gasteiger partial charge in [-0.05, 0) is 62.2 Å². The third-order valence-electron chi connectivity index (χ3n) is 4.41. The number of rotatable bonds is 3. The van der Waals surface area contributed by atoms with Crippen LogP contribution in [0.1, 0.15) is 16.7 Å². The highest BCUT2D eigenvalue weighted by molar-refractivity contribution is 5.77. The zero-order valence-corrected chi connectivity index (χ0v) is 14.9. The molecule has 0 aliphatic rings. The second-order valence-electron chi connectivity index (χ2n) is 6.36. The minimum atomic E-state index is -0.851. The van der Waals surface area contributed by atoms with Crippen molar-refractivity contribution in [2.45, 2.75) is 20.8 Å². The van der Waals surface area contributed by atoms with Crippen LogP contribution < -0.4 is 4.90 Å². The number of halogens is 5. The standard InChI is InChI=1S/C21H16F5N/c1-11-4-5-14(7-16(11)22)27(15-8-18(24)13(3)19(25)9-15)21-10-17(23)12(2)6-20(21)26/h4-10H,1-3H3. The van der Waals surface area contributed by atoms with Gasteiger partial charge < -0.3 is 4.90 Å². The van der Waals surface area contributed by atoms with Gasteiger partial charge in [0.05, 0.1) is 11.4 Å². The Morgan fingerprint density at radius 2 is 1.11 bits per heavy atom. The Balaban J connectivity index is 2.30. The first-order valence-corrected chi connectivity index (χ1v) is 8.16. The first-order valence-electron chi connectivity index (χ1n) is 8.16. The van der Waals surface area contributed by atoms with E-state index < -0.39 is 29.1 Å². The summed E-state index contributed by atoms with van der Waals surface area (Å²) in [7, 11) is 0. The van der Waals surface area contributed by atoms with Crippen molar-refractivity contribution in [1.82, 2.24) is 0 Å². The first-order chi connectivity index (χ1) is 12.7. The summed E-state index contributed by atoms with van der Waals surface area (Å²) in [4.78, 5) is 1.08. The van der Waals surface area contributed by atoms with E-state index in [0.29, 0.717) is 5.56 Å². The van der Waals surface area contributed by atoms with Crippen LogP contribution in [-0.2, 0) is 0 Å². The van der Waals surface area contributed by atoms with Crippen LogP contribution in [0.5, 0.6) is 0 Å². The Bertz CT molecular complexity index is 1010. The van der Waals surface area contributed by atoms with Crippen molar-refractivity contribution in [3.63, 3.8) is 0 Å². The summed E-state index contributed by atoms with van der Waals surface area (Å²) in [5.74, 6) is -3.79. The highest BCUT2D eigenvalue weighted by atomic mass is 19.1. The van der Waals surface area contributed by atoms with Crippen LogP contribution in [0.15, 0.2) is 42.5 Å². The van der Waals surface area contributed by atoms with Crippen LogP contribution >= 0.6 is 0 Å². The SMILES string of the molecule is Cc1ccc(N(c2cc(F)c(C)c(F)c2)c2cc(F)c(C)cc2F)cc1F. The molecule has 0 saturated carbocycles. The molecule has 6 heteroatoms. The zero-order chi connectivity index (χ0) is 19.9. The fourth-order valence-electron chi connectivity index (χ4n) is 2.72. The second kappa shape index (κ2) is 7.02. The summed E-state index contributed by atoms with van der Waals surface area (Å²) in [5.41, 5.74) is -0.0691.